The molecule has 0 spiro atoms. The van der Waals surface area contributed by atoms with Gasteiger partial charge < -0.3 is 5.32 Å². The number of hydrogen-bond donors (Lipinski definition) is 1. The average molecular weight is 291 g/mol. The minimum Gasteiger partial charge on any atom is -0.307 e. The second-order valence-corrected chi connectivity index (χ2v) is 8.26. The maximum Gasteiger partial charge on any atom is 0.127 e. The molecule has 2 rings (SSSR count). The Kier molecular flexibility index (Phi) is 4.77. The van der Waals surface area contributed by atoms with Gasteiger partial charge in [-0.1, -0.05) is 52.8 Å². The van der Waals surface area contributed by atoms with E-state index in [1.807, 2.05) is 12.1 Å². The first-order valence-electron chi connectivity index (χ1n) is 8.23. The Morgan fingerprint density at radius 1 is 1.14 bits per heavy atom. The molecule has 0 radical (unpaired) electrons. The molecule has 1 N–H and O–H groups in total. The monoisotopic (exact) mass is 291 g/mol. The molecule has 1 aromatic carbocycles. The molecule has 0 saturated heterocycles. The van der Waals surface area contributed by atoms with Gasteiger partial charge in [-0.15, -0.1) is 0 Å². The standard InChI is InChI=1S/C19H30FN/c1-6-17(15-9-7-8-10-16(15)20)21-14-11-18(2,3)13-19(4,5)12-14/h7-10,14,17,21H,6,11-13H2,1-5H3. The van der Waals surface area contributed by atoms with E-state index in [2.05, 4.69) is 39.9 Å². The molecule has 2 heteroatoms. The summed E-state index contributed by atoms with van der Waals surface area (Å²) in [6, 6.07) is 7.74. The lowest BCUT2D eigenvalue weighted by molar-refractivity contribution is 0.0797. The van der Waals surface area contributed by atoms with Crippen LogP contribution in [0.1, 0.15) is 71.9 Å². The molecule has 0 amide bonds. The van der Waals surface area contributed by atoms with Gasteiger partial charge >= 0.3 is 0 Å². The molecule has 1 aliphatic carbocycles. The van der Waals surface area contributed by atoms with Crippen molar-refractivity contribution < 1.29 is 4.39 Å². The molecule has 118 valence electrons. The van der Waals surface area contributed by atoms with Crippen LogP contribution in [0.4, 0.5) is 4.39 Å². The first kappa shape index (κ1) is 16.5. The van der Waals surface area contributed by atoms with E-state index in [-0.39, 0.29) is 11.9 Å². The van der Waals surface area contributed by atoms with Crippen LogP contribution >= 0.6 is 0 Å². The fourth-order valence-electron chi connectivity index (χ4n) is 4.43. The number of nitrogens with one attached hydrogen (secondary N) is 1. The van der Waals surface area contributed by atoms with Crippen LogP contribution in [0.5, 0.6) is 0 Å². The molecule has 1 aliphatic rings. The topological polar surface area (TPSA) is 12.0 Å². The summed E-state index contributed by atoms with van der Waals surface area (Å²) in [7, 11) is 0. The van der Waals surface area contributed by atoms with E-state index in [0.717, 1.165) is 12.0 Å². The Morgan fingerprint density at radius 3 is 2.24 bits per heavy atom. The zero-order chi connectivity index (χ0) is 15.7. The maximum absolute atomic E-state index is 14.0. The quantitative estimate of drug-likeness (QED) is 0.775. The van der Waals surface area contributed by atoms with Crippen LogP contribution in [-0.4, -0.2) is 6.04 Å². The van der Waals surface area contributed by atoms with Crippen molar-refractivity contribution in [2.75, 3.05) is 0 Å². The largest absolute Gasteiger partial charge is 0.307 e. The SMILES string of the molecule is CCC(NC1CC(C)(C)CC(C)(C)C1)c1ccccc1F. The zero-order valence-electron chi connectivity index (χ0n) is 14.2. The van der Waals surface area contributed by atoms with E-state index in [1.165, 1.54) is 19.3 Å². The summed E-state index contributed by atoms with van der Waals surface area (Å²) in [5, 5.41) is 3.73. The fourth-order valence-corrected chi connectivity index (χ4v) is 4.43. The Balaban J connectivity index is 2.13. The molecular formula is C19H30FN. The van der Waals surface area contributed by atoms with Crippen molar-refractivity contribution in [2.45, 2.75) is 72.4 Å². The minimum atomic E-state index is -0.0915. The second-order valence-electron chi connectivity index (χ2n) is 8.26. The number of hydrogen-bond acceptors (Lipinski definition) is 1. The predicted molar refractivity (Wildman–Crippen MR) is 87.8 cm³/mol. The molecule has 1 aromatic rings. The summed E-state index contributed by atoms with van der Waals surface area (Å²) >= 11 is 0. The average Bonchev–Trinajstić information content (AvgIpc) is 2.33. The van der Waals surface area contributed by atoms with E-state index in [0.29, 0.717) is 16.9 Å². The van der Waals surface area contributed by atoms with Crippen LogP contribution in [0.3, 0.4) is 0 Å². The van der Waals surface area contributed by atoms with Crippen molar-refractivity contribution in [3.63, 3.8) is 0 Å². The summed E-state index contributed by atoms with van der Waals surface area (Å²) in [6.07, 6.45) is 4.51. The molecule has 1 nitrogen and oxygen atoms in total. The Morgan fingerprint density at radius 2 is 1.71 bits per heavy atom. The Labute approximate surface area is 129 Å². The van der Waals surface area contributed by atoms with Crippen molar-refractivity contribution >= 4 is 0 Å². The lowest BCUT2D eigenvalue weighted by Crippen LogP contribution is -2.45. The van der Waals surface area contributed by atoms with Gasteiger partial charge in [0.15, 0.2) is 0 Å². The lowest BCUT2D eigenvalue weighted by Gasteiger charge is -2.46. The van der Waals surface area contributed by atoms with E-state index in [1.54, 1.807) is 12.1 Å². The van der Waals surface area contributed by atoms with Gasteiger partial charge in [-0.25, -0.2) is 4.39 Å². The summed E-state index contributed by atoms with van der Waals surface area (Å²) in [5.41, 5.74) is 1.51. The number of rotatable bonds is 4. The molecule has 0 aliphatic heterocycles. The highest BCUT2D eigenvalue weighted by Gasteiger charge is 2.38. The third-order valence-corrected chi connectivity index (χ3v) is 4.68. The molecule has 1 unspecified atom stereocenters. The van der Waals surface area contributed by atoms with Gasteiger partial charge in [0.2, 0.25) is 0 Å². The van der Waals surface area contributed by atoms with Crippen molar-refractivity contribution in [3.8, 4) is 0 Å². The molecule has 0 aromatic heterocycles. The summed E-state index contributed by atoms with van der Waals surface area (Å²) in [6.45, 7) is 11.5. The van der Waals surface area contributed by atoms with E-state index in [9.17, 15) is 4.39 Å². The highest BCUT2D eigenvalue weighted by atomic mass is 19.1. The Hall–Kier alpha value is -0.890. The van der Waals surface area contributed by atoms with Gasteiger partial charge in [0.1, 0.15) is 5.82 Å². The van der Waals surface area contributed by atoms with Crippen molar-refractivity contribution in [1.82, 2.24) is 5.32 Å². The molecule has 0 bridgehead atoms. The third kappa shape index (κ3) is 4.29. The second kappa shape index (κ2) is 6.08. The molecule has 21 heavy (non-hydrogen) atoms. The molecule has 1 saturated carbocycles. The maximum atomic E-state index is 14.0. The van der Waals surface area contributed by atoms with Crippen LogP contribution in [-0.2, 0) is 0 Å². The summed E-state index contributed by atoms with van der Waals surface area (Å²) in [4.78, 5) is 0. The first-order chi connectivity index (χ1) is 9.72. The van der Waals surface area contributed by atoms with Crippen molar-refractivity contribution in [3.05, 3.63) is 35.6 Å². The summed E-state index contributed by atoms with van der Waals surface area (Å²) < 4.78 is 14.0. The van der Waals surface area contributed by atoms with Crippen LogP contribution < -0.4 is 5.32 Å². The molecular weight excluding hydrogens is 261 g/mol. The highest BCUT2D eigenvalue weighted by molar-refractivity contribution is 5.21. The van der Waals surface area contributed by atoms with Crippen molar-refractivity contribution in [1.29, 1.82) is 0 Å². The van der Waals surface area contributed by atoms with E-state index in [4.69, 9.17) is 0 Å². The van der Waals surface area contributed by atoms with Gasteiger partial charge in [0, 0.05) is 17.6 Å². The van der Waals surface area contributed by atoms with Crippen LogP contribution in [0.15, 0.2) is 24.3 Å². The van der Waals surface area contributed by atoms with Crippen molar-refractivity contribution in [2.24, 2.45) is 10.8 Å². The van der Waals surface area contributed by atoms with E-state index < -0.39 is 0 Å². The number of halogens is 1. The van der Waals surface area contributed by atoms with Crippen LogP contribution in [0.2, 0.25) is 0 Å². The van der Waals surface area contributed by atoms with Gasteiger partial charge in [-0.3, -0.25) is 0 Å². The van der Waals surface area contributed by atoms with Gasteiger partial charge in [0.25, 0.3) is 0 Å². The number of benzene rings is 1. The van der Waals surface area contributed by atoms with Crippen LogP contribution in [0, 0.1) is 16.6 Å². The lowest BCUT2D eigenvalue weighted by atomic mass is 9.63. The smallest absolute Gasteiger partial charge is 0.127 e. The normalized spacial score (nSPS) is 23.0. The molecule has 1 fully saturated rings. The molecule has 1 atom stereocenters. The first-order valence-corrected chi connectivity index (χ1v) is 8.23. The third-order valence-electron chi connectivity index (χ3n) is 4.68. The molecule has 0 heterocycles. The minimum absolute atomic E-state index is 0.0915. The zero-order valence-corrected chi connectivity index (χ0v) is 14.2. The van der Waals surface area contributed by atoms with E-state index >= 15 is 0 Å². The Bertz CT molecular complexity index is 462. The van der Waals surface area contributed by atoms with Gasteiger partial charge in [0.05, 0.1) is 0 Å². The predicted octanol–water partition coefficient (Wildman–Crippen LogP) is 5.47. The van der Waals surface area contributed by atoms with Crippen LogP contribution in [0.25, 0.3) is 0 Å². The van der Waals surface area contributed by atoms with Gasteiger partial charge in [-0.2, -0.15) is 0 Å². The fraction of sp³-hybridized carbons (Fsp3) is 0.684. The highest BCUT2D eigenvalue weighted by Crippen LogP contribution is 2.46. The van der Waals surface area contributed by atoms with Gasteiger partial charge in [-0.05, 0) is 42.6 Å². The summed E-state index contributed by atoms with van der Waals surface area (Å²) in [5.74, 6) is -0.0915.